The average Bonchev–Trinajstić information content (AvgIpc) is 2.94. The van der Waals surface area contributed by atoms with Crippen LogP contribution in [0, 0.1) is 0 Å². The molecule has 1 aliphatic heterocycles. The van der Waals surface area contributed by atoms with E-state index in [0.29, 0.717) is 35.8 Å². The fraction of sp³-hybridized carbons (Fsp3) is 0.364. The van der Waals surface area contributed by atoms with Crippen LogP contribution in [0.1, 0.15) is 30.6 Å². The third-order valence-electron chi connectivity index (χ3n) is 5.16. The van der Waals surface area contributed by atoms with E-state index in [0.717, 1.165) is 6.26 Å². The maximum absolute atomic E-state index is 13.0. The third kappa shape index (κ3) is 4.99. The molecule has 1 heterocycles. The molecule has 0 unspecified atom stereocenters. The summed E-state index contributed by atoms with van der Waals surface area (Å²) in [7, 11) is -3.53. The minimum absolute atomic E-state index is 0.105. The number of carbonyl (C=O) groups excluding carboxylic acids is 2. The number of ether oxygens (including phenoxy) is 1. The summed E-state index contributed by atoms with van der Waals surface area (Å²) in [4.78, 5) is 27.5. The molecule has 1 aliphatic rings. The van der Waals surface area contributed by atoms with Crippen LogP contribution in [0.3, 0.4) is 0 Å². The average molecular weight is 446 g/mol. The summed E-state index contributed by atoms with van der Waals surface area (Å²) in [5, 5.41) is 2.80. The molecule has 0 spiro atoms. The monoisotopic (exact) mass is 445 g/mol. The maximum Gasteiger partial charge on any atom is 0.265 e. The Hall–Kier alpha value is -3.07. The van der Waals surface area contributed by atoms with Gasteiger partial charge in [-0.1, -0.05) is 24.3 Å². The van der Waals surface area contributed by atoms with E-state index in [1.807, 2.05) is 13.8 Å². The number of benzene rings is 2. The van der Waals surface area contributed by atoms with Gasteiger partial charge in [0.2, 0.25) is 10.0 Å². The summed E-state index contributed by atoms with van der Waals surface area (Å²) in [6, 6.07) is 13.5. The lowest BCUT2D eigenvalue weighted by molar-refractivity contribution is -0.122. The molecule has 9 heteroatoms. The second kappa shape index (κ2) is 9.38. The van der Waals surface area contributed by atoms with Crippen molar-refractivity contribution in [3.05, 3.63) is 54.1 Å². The number of amides is 2. The van der Waals surface area contributed by atoms with Gasteiger partial charge in [-0.3, -0.25) is 13.9 Å². The highest BCUT2D eigenvalue weighted by molar-refractivity contribution is 7.92. The molecule has 0 aliphatic carbocycles. The van der Waals surface area contributed by atoms with Crippen molar-refractivity contribution >= 4 is 33.2 Å². The second-order valence-corrected chi connectivity index (χ2v) is 9.12. The summed E-state index contributed by atoms with van der Waals surface area (Å²) >= 11 is 0. The molecule has 0 aromatic heterocycles. The van der Waals surface area contributed by atoms with E-state index in [1.165, 1.54) is 4.31 Å². The SMILES string of the molecule is CCN(CC)C(=O)c1ccccc1NC(=O)[C@H]1CCN(S(C)(=O)=O)c2ccccc2O1. The van der Waals surface area contributed by atoms with Gasteiger partial charge < -0.3 is 15.0 Å². The molecule has 2 amide bonds. The van der Waals surface area contributed by atoms with Gasteiger partial charge in [0.05, 0.1) is 23.2 Å². The fourth-order valence-corrected chi connectivity index (χ4v) is 4.48. The van der Waals surface area contributed by atoms with Crippen molar-refractivity contribution in [1.29, 1.82) is 0 Å². The topological polar surface area (TPSA) is 96.0 Å². The van der Waals surface area contributed by atoms with Crippen molar-refractivity contribution in [1.82, 2.24) is 4.90 Å². The lowest BCUT2D eigenvalue weighted by Gasteiger charge is -2.21. The van der Waals surface area contributed by atoms with Gasteiger partial charge in [-0.15, -0.1) is 0 Å². The van der Waals surface area contributed by atoms with Gasteiger partial charge in [0.1, 0.15) is 5.75 Å². The maximum atomic E-state index is 13.0. The Morgan fingerprint density at radius 1 is 1.10 bits per heavy atom. The molecule has 166 valence electrons. The molecule has 0 saturated carbocycles. The van der Waals surface area contributed by atoms with Crippen LogP contribution < -0.4 is 14.4 Å². The summed E-state index contributed by atoms with van der Waals surface area (Å²) in [6.45, 7) is 5.01. The lowest BCUT2D eigenvalue weighted by atomic mass is 10.1. The number of anilines is 2. The molecule has 8 nitrogen and oxygen atoms in total. The number of hydrogen-bond acceptors (Lipinski definition) is 5. The molecule has 2 aromatic carbocycles. The van der Waals surface area contributed by atoms with Gasteiger partial charge >= 0.3 is 0 Å². The third-order valence-corrected chi connectivity index (χ3v) is 6.34. The predicted octanol–water partition coefficient (Wildman–Crippen LogP) is 2.72. The molecule has 1 atom stereocenters. The zero-order chi connectivity index (χ0) is 22.6. The van der Waals surface area contributed by atoms with Gasteiger partial charge in [0, 0.05) is 26.1 Å². The van der Waals surface area contributed by atoms with Crippen LogP contribution in [0.15, 0.2) is 48.5 Å². The van der Waals surface area contributed by atoms with E-state index in [4.69, 9.17) is 4.74 Å². The molecular formula is C22H27N3O5S. The first-order valence-electron chi connectivity index (χ1n) is 10.2. The molecule has 0 radical (unpaired) electrons. The van der Waals surface area contributed by atoms with E-state index < -0.39 is 22.0 Å². The van der Waals surface area contributed by atoms with Gasteiger partial charge in [-0.25, -0.2) is 8.42 Å². The van der Waals surface area contributed by atoms with Crippen molar-refractivity contribution in [3.8, 4) is 5.75 Å². The van der Waals surface area contributed by atoms with Crippen LogP contribution in [-0.4, -0.2) is 57.1 Å². The zero-order valence-corrected chi connectivity index (χ0v) is 18.7. The zero-order valence-electron chi connectivity index (χ0n) is 17.9. The number of hydrogen-bond donors (Lipinski definition) is 1. The van der Waals surface area contributed by atoms with Crippen LogP contribution in [0.25, 0.3) is 0 Å². The fourth-order valence-electron chi connectivity index (χ4n) is 3.53. The summed E-state index contributed by atoms with van der Waals surface area (Å²) in [5.41, 5.74) is 1.19. The number of fused-ring (bicyclic) bond motifs is 1. The molecule has 2 aromatic rings. The van der Waals surface area contributed by atoms with Crippen LogP contribution in [0.2, 0.25) is 0 Å². The van der Waals surface area contributed by atoms with Crippen LogP contribution >= 0.6 is 0 Å². The summed E-state index contributed by atoms with van der Waals surface area (Å²) in [5.74, 6) is -0.292. The van der Waals surface area contributed by atoms with Crippen LogP contribution in [0.4, 0.5) is 11.4 Å². The number of nitrogens with one attached hydrogen (secondary N) is 1. The molecule has 0 fully saturated rings. The van der Waals surface area contributed by atoms with Crippen molar-refractivity contribution in [2.24, 2.45) is 0 Å². The van der Waals surface area contributed by atoms with Crippen molar-refractivity contribution in [2.45, 2.75) is 26.4 Å². The largest absolute Gasteiger partial charge is 0.478 e. The predicted molar refractivity (Wildman–Crippen MR) is 120 cm³/mol. The van der Waals surface area contributed by atoms with Crippen molar-refractivity contribution in [3.63, 3.8) is 0 Å². The molecule has 1 N–H and O–H groups in total. The van der Waals surface area contributed by atoms with Gasteiger partial charge in [0.25, 0.3) is 11.8 Å². The Kier molecular flexibility index (Phi) is 6.84. The second-order valence-electron chi connectivity index (χ2n) is 7.21. The van der Waals surface area contributed by atoms with E-state index in [1.54, 1.807) is 53.4 Å². The highest BCUT2D eigenvalue weighted by Gasteiger charge is 2.31. The smallest absolute Gasteiger partial charge is 0.265 e. The minimum atomic E-state index is -3.53. The quantitative estimate of drug-likeness (QED) is 0.738. The highest BCUT2D eigenvalue weighted by Crippen LogP contribution is 2.34. The van der Waals surface area contributed by atoms with Gasteiger partial charge in [-0.2, -0.15) is 0 Å². The Balaban J connectivity index is 1.85. The Morgan fingerprint density at radius 2 is 1.74 bits per heavy atom. The van der Waals surface area contributed by atoms with E-state index >= 15 is 0 Å². The van der Waals surface area contributed by atoms with Crippen molar-refractivity contribution < 1.29 is 22.7 Å². The number of para-hydroxylation sites is 3. The highest BCUT2D eigenvalue weighted by atomic mass is 32.2. The molecule has 31 heavy (non-hydrogen) atoms. The first kappa shape index (κ1) is 22.6. The molecular weight excluding hydrogens is 418 g/mol. The number of sulfonamides is 1. The summed E-state index contributed by atoms with van der Waals surface area (Å²) in [6.07, 6.45) is 0.378. The van der Waals surface area contributed by atoms with Crippen LogP contribution in [0.5, 0.6) is 5.75 Å². The summed E-state index contributed by atoms with van der Waals surface area (Å²) < 4.78 is 31.6. The van der Waals surface area contributed by atoms with Crippen LogP contribution in [-0.2, 0) is 14.8 Å². The van der Waals surface area contributed by atoms with Crippen molar-refractivity contribution in [2.75, 3.05) is 35.5 Å². The van der Waals surface area contributed by atoms with Gasteiger partial charge in [-0.05, 0) is 38.1 Å². The first-order valence-corrected chi connectivity index (χ1v) is 12.0. The minimum Gasteiger partial charge on any atom is -0.478 e. The number of rotatable bonds is 6. The Morgan fingerprint density at radius 3 is 2.42 bits per heavy atom. The number of nitrogens with zero attached hydrogens (tertiary/aromatic N) is 2. The van der Waals surface area contributed by atoms with Gasteiger partial charge in [0.15, 0.2) is 6.10 Å². The first-order chi connectivity index (χ1) is 14.8. The normalized spacial score (nSPS) is 16.0. The molecule has 0 saturated heterocycles. The van der Waals surface area contributed by atoms with E-state index in [9.17, 15) is 18.0 Å². The lowest BCUT2D eigenvalue weighted by Crippen LogP contribution is -2.36. The number of carbonyl (C=O) groups is 2. The Bertz CT molecular complexity index is 1070. The standard InChI is InChI=1S/C22H27N3O5S/c1-4-24(5-2)22(27)16-10-6-7-11-17(16)23-21(26)20-14-15-25(31(3,28)29)18-12-8-9-13-19(18)30-20/h6-13,20H,4-5,14-15H2,1-3H3,(H,23,26)/t20-/m1/s1. The molecule has 3 rings (SSSR count). The van der Waals surface area contributed by atoms with E-state index in [2.05, 4.69) is 5.32 Å². The van der Waals surface area contributed by atoms with E-state index in [-0.39, 0.29) is 18.9 Å². The molecule has 0 bridgehead atoms. The Labute approximate surface area is 182 Å².